The summed E-state index contributed by atoms with van der Waals surface area (Å²) in [6.07, 6.45) is 2.53. The molecule has 0 amide bonds. The van der Waals surface area contributed by atoms with Crippen molar-refractivity contribution < 1.29 is 37.0 Å². The number of carbonyl (C=O) groups is 2. The van der Waals surface area contributed by atoms with Crippen LogP contribution in [0.15, 0.2) is 48.5 Å². The van der Waals surface area contributed by atoms with Gasteiger partial charge in [-0.15, -0.1) is 0 Å². The fraction of sp³-hybridized carbons (Fsp3) is 0.548. The fourth-order valence-electron chi connectivity index (χ4n) is 7.95. The van der Waals surface area contributed by atoms with Crippen molar-refractivity contribution in [3.05, 3.63) is 59.7 Å². The van der Waals surface area contributed by atoms with Crippen molar-refractivity contribution >= 4 is 11.9 Å². The van der Waals surface area contributed by atoms with E-state index in [2.05, 4.69) is 0 Å². The third-order valence-corrected chi connectivity index (χ3v) is 9.24. The smallest absolute Gasteiger partial charge is 0.419 e. The van der Waals surface area contributed by atoms with Crippen LogP contribution in [0, 0.1) is 17.3 Å². The highest BCUT2D eigenvalue weighted by Gasteiger charge is 2.63. The Hall–Kier alpha value is -3.03. The van der Waals surface area contributed by atoms with Gasteiger partial charge in [-0.1, -0.05) is 18.2 Å². The molecule has 5 aliphatic carbocycles. The molecule has 4 bridgehead atoms. The summed E-state index contributed by atoms with van der Waals surface area (Å²) in [5, 5.41) is 0. The first-order chi connectivity index (χ1) is 18.5. The molecule has 8 heteroatoms. The van der Waals surface area contributed by atoms with Crippen LogP contribution in [0.4, 0.5) is 13.2 Å². The van der Waals surface area contributed by atoms with E-state index < -0.39 is 34.3 Å². The Kier molecular flexibility index (Phi) is 6.23. The number of halogens is 3. The summed E-state index contributed by atoms with van der Waals surface area (Å²) in [6.45, 7) is 1.81. The molecule has 5 nitrogen and oxygen atoms in total. The van der Waals surface area contributed by atoms with Crippen LogP contribution in [-0.4, -0.2) is 23.1 Å². The lowest BCUT2D eigenvalue weighted by molar-refractivity contribution is -0.189. The molecule has 2 aromatic carbocycles. The number of alkyl halides is 3. The summed E-state index contributed by atoms with van der Waals surface area (Å²) in [7, 11) is 0. The maximum atomic E-state index is 13.8. The summed E-state index contributed by atoms with van der Waals surface area (Å²) in [5.41, 5.74) is -3.14. The predicted octanol–water partition coefficient (Wildman–Crippen LogP) is 7.52. The summed E-state index contributed by atoms with van der Waals surface area (Å²) in [5.74, 6) is -0.364. The first-order valence-corrected chi connectivity index (χ1v) is 13.9. The minimum atomic E-state index is -4.61. The van der Waals surface area contributed by atoms with Crippen LogP contribution in [0.5, 0.6) is 11.5 Å². The van der Waals surface area contributed by atoms with Gasteiger partial charge in [-0.05, 0) is 107 Å². The molecular formula is C31H33F3O5. The van der Waals surface area contributed by atoms with Crippen molar-refractivity contribution in [2.24, 2.45) is 17.3 Å². The molecule has 7 rings (SSSR count). The molecule has 39 heavy (non-hydrogen) atoms. The van der Waals surface area contributed by atoms with Crippen molar-refractivity contribution in [2.75, 3.05) is 0 Å². The molecule has 5 fully saturated rings. The SMILES string of the molecule is CC1(Oc2cc(C(=O)OC34CC5CC(C3)CC(C(=O)Oc3ccccc3)(C5)C4)ccc2C(F)(F)F)CCCC1. The zero-order chi connectivity index (χ0) is 27.5. The normalized spacial score (nSPS) is 30.7. The second-order valence-electron chi connectivity index (χ2n) is 12.5. The van der Waals surface area contributed by atoms with E-state index in [1.54, 1.807) is 24.3 Å². The van der Waals surface area contributed by atoms with Gasteiger partial charge >= 0.3 is 18.1 Å². The molecule has 2 aromatic rings. The molecular weight excluding hydrogens is 509 g/mol. The maximum Gasteiger partial charge on any atom is 0.419 e. The lowest BCUT2D eigenvalue weighted by Crippen LogP contribution is -2.60. The molecule has 2 unspecified atom stereocenters. The number of para-hydroxylation sites is 1. The van der Waals surface area contributed by atoms with E-state index in [9.17, 15) is 22.8 Å². The van der Waals surface area contributed by atoms with E-state index in [0.29, 0.717) is 50.7 Å². The summed E-state index contributed by atoms with van der Waals surface area (Å²) < 4.78 is 59.2. The summed E-state index contributed by atoms with van der Waals surface area (Å²) in [6, 6.07) is 12.2. The van der Waals surface area contributed by atoms with Crippen molar-refractivity contribution in [3.8, 4) is 11.5 Å². The minimum Gasteiger partial charge on any atom is -0.487 e. The quantitative estimate of drug-likeness (QED) is 0.279. The Labute approximate surface area is 226 Å². The van der Waals surface area contributed by atoms with Crippen LogP contribution >= 0.6 is 0 Å². The highest BCUT2D eigenvalue weighted by Crippen LogP contribution is 2.63. The highest BCUT2D eigenvalue weighted by molar-refractivity contribution is 5.90. The zero-order valence-electron chi connectivity index (χ0n) is 22.0. The number of carbonyl (C=O) groups excluding carboxylic acids is 2. The van der Waals surface area contributed by atoms with E-state index in [-0.39, 0.29) is 29.1 Å². The van der Waals surface area contributed by atoms with Crippen molar-refractivity contribution in [1.29, 1.82) is 0 Å². The van der Waals surface area contributed by atoms with E-state index in [1.807, 2.05) is 13.0 Å². The first-order valence-electron chi connectivity index (χ1n) is 13.9. The molecule has 0 heterocycles. The standard InChI is InChI=1S/C31H33F3O5/c1-28(11-5-6-12-28)38-25-14-22(9-10-24(25)31(32,33)34)26(35)39-30-17-20-13-21(18-30)16-29(15-20,19-30)27(36)37-23-7-3-2-4-8-23/h2-4,7-10,14,20-21H,5-6,11-13,15-19H2,1H3. The summed E-state index contributed by atoms with van der Waals surface area (Å²) >= 11 is 0. The van der Waals surface area contributed by atoms with E-state index in [1.165, 1.54) is 6.07 Å². The van der Waals surface area contributed by atoms with Gasteiger partial charge in [-0.3, -0.25) is 4.79 Å². The predicted molar refractivity (Wildman–Crippen MR) is 136 cm³/mol. The van der Waals surface area contributed by atoms with Gasteiger partial charge in [0, 0.05) is 6.42 Å². The fourth-order valence-corrected chi connectivity index (χ4v) is 7.95. The Balaban J connectivity index is 1.25. The molecule has 0 aromatic heterocycles. The zero-order valence-corrected chi connectivity index (χ0v) is 22.0. The Morgan fingerprint density at radius 1 is 0.923 bits per heavy atom. The monoisotopic (exact) mass is 542 g/mol. The number of esters is 2. The maximum absolute atomic E-state index is 13.8. The number of hydrogen-bond acceptors (Lipinski definition) is 5. The molecule has 2 atom stereocenters. The van der Waals surface area contributed by atoms with Crippen LogP contribution in [0.1, 0.15) is 87.1 Å². The Morgan fingerprint density at radius 3 is 2.23 bits per heavy atom. The van der Waals surface area contributed by atoms with E-state index in [4.69, 9.17) is 14.2 Å². The second kappa shape index (κ2) is 9.27. The second-order valence-corrected chi connectivity index (χ2v) is 12.5. The van der Waals surface area contributed by atoms with Crippen molar-refractivity contribution in [2.45, 2.75) is 88.5 Å². The lowest BCUT2D eigenvalue weighted by Gasteiger charge is -2.59. The molecule has 5 saturated carbocycles. The van der Waals surface area contributed by atoms with Crippen LogP contribution in [-0.2, 0) is 15.7 Å². The Bertz CT molecular complexity index is 1250. The van der Waals surface area contributed by atoms with Gasteiger partial charge in [0.2, 0.25) is 0 Å². The largest absolute Gasteiger partial charge is 0.487 e. The minimum absolute atomic E-state index is 0.0243. The van der Waals surface area contributed by atoms with Crippen molar-refractivity contribution in [3.63, 3.8) is 0 Å². The Morgan fingerprint density at radius 2 is 1.59 bits per heavy atom. The first kappa shape index (κ1) is 26.2. The van der Waals surface area contributed by atoms with Crippen LogP contribution in [0.25, 0.3) is 0 Å². The van der Waals surface area contributed by atoms with E-state index >= 15 is 0 Å². The summed E-state index contributed by atoms with van der Waals surface area (Å²) in [4.78, 5) is 26.9. The average Bonchev–Trinajstić information content (AvgIpc) is 3.28. The molecule has 208 valence electrons. The molecule has 0 aliphatic heterocycles. The van der Waals surface area contributed by atoms with Gasteiger partial charge in [-0.25, -0.2) is 4.79 Å². The third kappa shape index (κ3) is 5.03. The number of hydrogen-bond donors (Lipinski definition) is 0. The molecule has 0 saturated heterocycles. The van der Waals surface area contributed by atoms with Crippen LogP contribution < -0.4 is 9.47 Å². The average molecular weight is 543 g/mol. The molecule has 5 aliphatic rings. The molecule has 0 N–H and O–H groups in total. The topological polar surface area (TPSA) is 61.8 Å². The number of benzene rings is 2. The number of rotatable bonds is 6. The van der Waals surface area contributed by atoms with Crippen LogP contribution in [0.2, 0.25) is 0 Å². The van der Waals surface area contributed by atoms with Crippen LogP contribution in [0.3, 0.4) is 0 Å². The molecule has 0 radical (unpaired) electrons. The highest BCUT2D eigenvalue weighted by atomic mass is 19.4. The molecule has 0 spiro atoms. The third-order valence-electron chi connectivity index (χ3n) is 9.24. The number of ether oxygens (including phenoxy) is 3. The van der Waals surface area contributed by atoms with Gasteiger partial charge in [0.15, 0.2) is 0 Å². The lowest BCUT2D eigenvalue weighted by atomic mass is 9.48. The van der Waals surface area contributed by atoms with Gasteiger partial charge in [0.05, 0.1) is 16.5 Å². The van der Waals surface area contributed by atoms with Gasteiger partial charge in [0.1, 0.15) is 22.7 Å². The van der Waals surface area contributed by atoms with Gasteiger partial charge in [0.25, 0.3) is 0 Å². The van der Waals surface area contributed by atoms with E-state index in [0.717, 1.165) is 31.4 Å². The van der Waals surface area contributed by atoms with Gasteiger partial charge in [-0.2, -0.15) is 13.2 Å². The van der Waals surface area contributed by atoms with Crippen molar-refractivity contribution in [1.82, 2.24) is 0 Å². The van der Waals surface area contributed by atoms with Gasteiger partial charge < -0.3 is 14.2 Å².